The molecule has 0 unspecified atom stereocenters. The van der Waals surface area contributed by atoms with E-state index < -0.39 is 0 Å². The smallest absolute Gasteiger partial charge is 0.223 e. The molecular weight excluding hydrogens is 206 g/mol. The normalized spacial score (nSPS) is 23.3. The van der Waals surface area contributed by atoms with Crippen LogP contribution in [-0.4, -0.2) is 29.0 Å². The third kappa shape index (κ3) is 3.40. The quantitative estimate of drug-likeness (QED) is 0.739. The van der Waals surface area contributed by atoms with Crippen molar-refractivity contribution in [3.8, 4) is 0 Å². The number of carbonyl (C=O) groups excluding carboxylic acids is 1. The number of hydrogen-bond donors (Lipinski definition) is 0. The van der Waals surface area contributed by atoms with Crippen molar-refractivity contribution in [1.29, 1.82) is 0 Å². The van der Waals surface area contributed by atoms with E-state index in [-0.39, 0.29) is 0 Å². The van der Waals surface area contributed by atoms with Crippen molar-refractivity contribution in [2.75, 3.05) is 18.2 Å². The maximum Gasteiger partial charge on any atom is 0.223 e. The van der Waals surface area contributed by atoms with Crippen LogP contribution >= 0.6 is 11.8 Å². The highest BCUT2D eigenvalue weighted by atomic mass is 32.2. The van der Waals surface area contributed by atoms with Crippen LogP contribution in [0.2, 0.25) is 0 Å². The molecule has 86 valence electrons. The molecule has 0 aromatic rings. The Bertz CT molecular complexity index is 208. The molecule has 2 aliphatic rings. The van der Waals surface area contributed by atoms with E-state index in [0.29, 0.717) is 5.91 Å². The van der Waals surface area contributed by atoms with Crippen LogP contribution in [0.4, 0.5) is 0 Å². The number of amides is 1. The topological polar surface area (TPSA) is 20.3 Å². The van der Waals surface area contributed by atoms with Crippen LogP contribution in [0.25, 0.3) is 0 Å². The van der Waals surface area contributed by atoms with Crippen molar-refractivity contribution >= 4 is 17.7 Å². The molecule has 2 nitrogen and oxygen atoms in total. The molecule has 0 N–H and O–H groups in total. The molecule has 0 radical (unpaired) electrons. The maximum atomic E-state index is 11.8. The summed E-state index contributed by atoms with van der Waals surface area (Å²) in [7, 11) is 0. The predicted molar refractivity (Wildman–Crippen MR) is 64.8 cm³/mol. The highest BCUT2D eigenvalue weighted by molar-refractivity contribution is 7.99. The Balaban J connectivity index is 1.65. The summed E-state index contributed by atoms with van der Waals surface area (Å²) in [5.74, 6) is 3.31. The lowest BCUT2D eigenvalue weighted by Gasteiger charge is -2.22. The van der Waals surface area contributed by atoms with E-state index in [9.17, 15) is 4.79 Å². The minimum atomic E-state index is 0.394. The molecule has 2 fully saturated rings. The fraction of sp³-hybridized carbons (Fsp3) is 0.917. The summed E-state index contributed by atoms with van der Waals surface area (Å²) in [5, 5.41) is 0. The first-order chi connectivity index (χ1) is 7.36. The molecule has 0 aromatic heterocycles. The molecule has 0 aromatic carbocycles. The molecule has 3 heteroatoms. The van der Waals surface area contributed by atoms with Gasteiger partial charge < -0.3 is 4.90 Å². The van der Waals surface area contributed by atoms with Gasteiger partial charge in [-0.1, -0.05) is 32.1 Å². The standard InChI is InChI=1S/C12H21NOS/c14-12(13-8-9-15-10-13)7-6-11-4-2-1-3-5-11/h11H,1-10H2. The lowest BCUT2D eigenvalue weighted by Crippen LogP contribution is -2.28. The minimum Gasteiger partial charge on any atom is -0.333 e. The average Bonchev–Trinajstić information content (AvgIpc) is 2.81. The fourth-order valence-corrected chi connectivity index (χ4v) is 3.54. The van der Waals surface area contributed by atoms with Gasteiger partial charge in [-0.05, 0) is 12.3 Å². The van der Waals surface area contributed by atoms with Crippen molar-refractivity contribution < 1.29 is 4.79 Å². The summed E-state index contributed by atoms with van der Waals surface area (Å²) in [6, 6.07) is 0. The molecule has 0 spiro atoms. The van der Waals surface area contributed by atoms with Crippen molar-refractivity contribution in [1.82, 2.24) is 4.90 Å². The molecular formula is C12H21NOS. The van der Waals surface area contributed by atoms with Gasteiger partial charge in [0, 0.05) is 18.7 Å². The lowest BCUT2D eigenvalue weighted by molar-refractivity contribution is -0.130. The number of rotatable bonds is 3. The molecule has 15 heavy (non-hydrogen) atoms. The van der Waals surface area contributed by atoms with Gasteiger partial charge in [0.2, 0.25) is 5.91 Å². The van der Waals surface area contributed by atoms with Crippen LogP contribution in [0, 0.1) is 5.92 Å². The highest BCUT2D eigenvalue weighted by Crippen LogP contribution is 2.27. The Morgan fingerprint density at radius 1 is 1.27 bits per heavy atom. The van der Waals surface area contributed by atoms with Crippen LogP contribution in [0.15, 0.2) is 0 Å². The van der Waals surface area contributed by atoms with E-state index in [0.717, 1.165) is 36.9 Å². The van der Waals surface area contributed by atoms with Crippen LogP contribution in [0.1, 0.15) is 44.9 Å². The first-order valence-corrected chi connectivity index (χ1v) is 7.37. The third-order valence-electron chi connectivity index (χ3n) is 3.60. The van der Waals surface area contributed by atoms with Gasteiger partial charge in [0.25, 0.3) is 0 Å². The molecule has 0 bridgehead atoms. The van der Waals surface area contributed by atoms with Gasteiger partial charge in [-0.3, -0.25) is 4.79 Å². The molecule has 1 amide bonds. The van der Waals surface area contributed by atoms with Gasteiger partial charge in [0.1, 0.15) is 0 Å². The largest absolute Gasteiger partial charge is 0.333 e. The summed E-state index contributed by atoms with van der Waals surface area (Å²) < 4.78 is 0. The number of carbonyl (C=O) groups is 1. The zero-order valence-corrected chi connectivity index (χ0v) is 10.2. The van der Waals surface area contributed by atoms with Crippen LogP contribution < -0.4 is 0 Å². The monoisotopic (exact) mass is 227 g/mol. The van der Waals surface area contributed by atoms with E-state index in [4.69, 9.17) is 0 Å². The predicted octanol–water partition coefficient (Wildman–Crippen LogP) is 2.88. The summed E-state index contributed by atoms with van der Waals surface area (Å²) in [6.07, 6.45) is 8.85. The summed E-state index contributed by atoms with van der Waals surface area (Å²) in [4.78, 5) is 13.8. The van der Waals surface area contributed by atoms with Gasteiger partial charge in [-0.15, -0.1) is 11.8 Å². The molecule has 2 rings (SSSR count). The number of nitrogens with zero attached hydrogens (tertiary/aromatic N) is 1. The first kappa shape index (κ1) is 11.3. The second kappa shape index (κ2) is 5.78. The summed E-state index contributed by atoms with van der Waals surface area (Å²) >= 11 is 1.88. The Morgan fingerprint density at radius 3 is 2.73 bits per heavy atom. The molecule has 1 heterocycles. The Kier molecular flexibility index (Phi) is 4.36. The molecule has 1 aliphatic carbocycles. The minimum absolute atomic E-state index is 0.394. The van der Waals surface area contributed by atoms with Crippen molar-refractivity contribution in [2.24, 2.45) is 5.92 Å². The molecule has 1 aliphatic heterocycles. The zero-order chi connectivity index (χ0) is 10.5. The summed E-state index contributed by atoms with van der Waals surface area (Å²) in [6.45, 7) is 0.980. The molecule has 0 atom stereocenters. The number of hydrogen-bond acceptors (Lipinski definition) is 2. The maximum absolute atomic E-state index is 11.8. The SMILES string of the molecule is O=C(CCC1CCCCC1)N1CCSC1. The molecule has 1 saturated heterocycles. The van der Waals surface area contributed by atoms with Crippen LogP contribution in [0.5, 0.6) is 0 Å². The van der Waals surface area contributed by atoms with Crippen LogP contribution in [0.3, 0.4) is 0 Å². The highest BCUT2D eigenvalue weighted by Gasteiger charge is 2.20. The van der Waals surface area contributed by atoms with Crippen LogP contribution in [-0.2, 0) is 4.79 Å². The lowest BCUT2D eigenvalue weighted by atomic mass is 9.86. The fourth-order valence-electron chi connectivity index (χ4n) is 2.57. The molecule has 1 saturated carbocycles. The zero-order valence-electron chi connectivity index (χ0n) is 9.41. The van der Waals surface area contributed by atoms with E-state index in [1.165, 1.54) is 32.1 Å². The van der Waals surface area contributed by atoms with E-state index >= 15 is 0 Å². The van der Waals surface area contributed by atoms with E-state index in [1.54, 1.807) is 0 Å². The van der Waals surface area contributed by atoms with Crippen molar-refractivity contribution in [2.45, 2.75) is 44.9 Å². The van der Waals surface area contributed by atoms with E-state index in [2.05, 4.69) is 0 Å². The second-order valence-electron chi connectivity index (χ2n) is 4.74. The Labute approximate surface area is 96.8 Å². The first-order valence-electron chi connectivity index (χ1n) is 6.22. The third-order valence-corrected chi connectivity index (χ3v) is 4.56. The number of thioether (sulfide) groups is 1. The van der Waals surface area contributed by atoms with Crippen molar-refractivity contribution in [3.05, 3.63) is 0 Å². The van der Waals surface area contributed by atoms with Gasteiger partial charge in [0.05, 0.1) is 5.88 Å². The van der Waals surface area contributed by atoms with Crippen molar-refractivity contribution in [3.63, 3.8) is 0 Å². The average molecular weight is 227 g/mol. The Morgan fingerprint density at radius 2 is 2.07 bits per heavy atom. The van der Waals surface area contributed by atoms with Gasteiger partial charge >= 0.3 is 0 Å². The van der Waals surface area contributed by atoms with Gasteiger partial charge in [-0.2, -0.15) is 0 Å². The van der Waals surface area contributed by atoms with Gasteiger partial charge in [-0.25, -0.2) is 0 Å². The Hall–Kier alpha value is -0.180. The van der Waals surface area contributed by atoms with Gasteiger partial charge in [0.15, 0.2) is 0 Å². The van der Waals surface area contributed by atoms with E-state index in [1.807, 2.05) is 16.7 Å². The summed E-state index contributed by atoms with van der Waals surface area (Å²) in [5.41, 5.74) is 0. The second-order valence-corrected chi connectivity index (χ2v) is 5.81.